The average Bonchev–Trinajstić information content (AvgIpc) is 3.12. The van der Waals surface area contributed by atoms with Crippen molar-refractivity contribution < 1.29 is 14.3 Å². The molecular formula is C24H33N5O3. The molecule has 0 aromatic carbocycles. The number of carbonyl (C=O) groups excluding carboxylic acids is 2. The van der Waals surface area contributed by atoms with Gasteiger partial charge in [0.1, 0.15) is 12.2 Å². The van der Waals surface area contributed by atoms with Crippen molar-refractivity contribution in [2.75, 3.05) is 19.6 Å². The summed E-state index contributed by atoms with van der Waals surface area (Å²) < 4.78 is 7.97. The van der Waals surface area contributed by atoms with Gasteiger partial charge < -0.3 is 14.5 Å². The predicted octanol–water partition coefficient (Wildman–Crippen LogP) is 2.81. The number of pyridine rings is 1. The lowest BCUT2D eigenvalue weighted by molar-refractivity contribution is -0.134. The molecular weight excluding hydrogens is 406 g/mol. The SMILES string of the molecule is CCn1nc(C)cc1C(=O)N1CC(=O)N(C2CCCCC2)C[C@H](OCc2ccncc2)C1. The van der Waals surface area contributed by atoms with Crippen molar-refractivity contribution in [3.8, 4) is 0 Å². The van der Waals surface area contributed by atoms with E-state index in [1.807, 2.05) is 30.9 Å². The Hall–Kier alpha value is -2.74. The second-order valence-corrected chi connectivity index (χ2v) is 8.80. The van der Waals surface area contributed by atoms with E-state index in [1.165, 1.54) is 6.42 Å². The molecule has 0 radical (unpaired) electrons. The van der Waals surface area contributed by atoms with Crippen molar-refractivity contribution in [2.45, 2.75) is 71.2 Å². The molecule has 1 saturated heterocycles. The van der Waals surface area contributed by atoms with Crippen LogP contribution in [0, 0.1) is 6.92 Å². The van der Waals surface area contributed by atoms with Gasteiger partial charge in [0.15, 0.2) is 0 Å². The van der Waals surface area contributed by atoms with Gasteiger partial charge >= 0.3 is 0 Å². The van der Waals surface area contributed by atoms with Crippen molar-refractivity contribution in [1.29, 1.82) is 0 Å². The maximum absolute atomic E-state index is 13.4. The summed E-state index contributed by atoms with van der Waals surface area (Å²) in [7, 11) is 0. The minimum absolute atomic E-state index is 0.0135. The summed E-state index contributed by atoms with van der Waals surface area (Å²) >= 11 is 0. The largest absolute Gasteiger partial charge is 0.370 e. The van der Waals surface area contributed by atoms with E-state index < -0.39 is 0 Å². The van der Waals surface area contributed by atoms with Crippen LogP contribution >= 0.6 is 0 Å². The van der Waals surface area contributed by atoms with Gasteiger partial charge in [0.05, 0.1) is 18.4 Å². The van der Waals surface area contributed by atoms with E-state index in [4.69, 9.17) is 4.74 Å². The molecule has 2 aromatic heterocycles. The molecule has 8 heteroatoms. The lowest BCUT2D eigenvalue weighted by atomic mass is 9.94. The topological polar surface area (TPSA) is 80.6 Å². The van der Waals surface area contributed by atoms with Crippen LogP contribution < -0.4 is 0 Å². The van der Waals surface area contributed by atoms with E-state index >= 15 is 0 Å². The maximum atomic E-state index is 13.4. The van der Waals surface area contributed by atoms with E-state index in [0.29, 0.717) is 31.9 Å². The van der Waals surface area contributed by atoms with Crippen LogP contribution in [0.1, 0.15) is 60.8 Å². The van der Waals surface area contributed by atoms with Gasteiger partial charge in [-0.2, -0.15) is 5.10 Å². The number of aromatic nitrogens is 3. The number of rotatable bonds is 6. The Kier molecular flexibility index (Phi) is 7.19. The second kappa shape index (κ2) is 10.3. The summed E-state index contributed by atoms with van der Waals surface area (Å²) in [4.78, 5) is 34.4. The standard InChI is InChI=1S/C24H33N5O3/c1-3-29-22(13-18(2)26-29)24(31)27-14-21(32-17-19-9-11-25-12-10-19)15-28(23(30)16-27)20-7-5-4-6-8-20/h9-13,20-21H,3-8,14-17H2,1-2H3/t21-/m1/s1. The molecule has 2 amide bonds. The normalized spacial score (nSPS) is 20.4. The zero-order valence-corrected chi connectivity index (χ0v) is 19.1. The fourth-order valence-corrected chi connectivity index (χ4v) is 4.76. The molecule has 2 fully saturated rings. The monoisotopic (exact) mass is 439 g/mol. The molecule has 0 bridgehead atoms. The molecule has 8 nitrogen and oxygen atoms in total. The Morgan fingerprint density at radius 1 is 1.16 bits per heavy atom. The lowest BCUT2D eigenvalue weighted by Crippen LogP contribution is -2.46. The van der Waals surface area contributed by atoms with E-state index in [2.05, 4.69) is 10.1 Å². The van der Waals surface area contributed by atoms with Crippen LogP contribution in [0.25, 0.3) is 0 Å². The molecule has 1 aliphatic heterocycles. The third kappa shape index (κ3) is 5.18. The summed E-state index contributed by atoms with van der Waals surface area (Å²) in [5.74, 6) is -0.150. The van der Waals surface area contributed by atoms with Gasteiger partial charge in [0, 0.05) is 38.1 Å². The fraction of sp³-hybridized carbons (Fsp3) is 0.583. The first kappa shape index (κ1) is 22.5. The van der Waals surface area contributed by atoms with Crippen molar-refractivity contribution >= 4 is 11.8 Å². The van der Waals surface area contributed by atoms with Crippen molar-refractivity contribution in [2.24, 2.45) is 0 Å². The molecule has 172 valence electrons. The highest BCUT2D eigenvalue weighted by molar-refractivity contribution is 5.95. The Labute approximate surface area is 189 Å². The maximum Gasteiger partial charge on any atom is 0.272 e. The predicted molar refractivity (Wildman–Crippen MR) is 120 cm³/mol. The molecule has 2 aliphatic rings. The van der Waals surface area contributed by atoms with Crippen molar-refractivity contribution in [3.63, 3.8) is 0 Å². The molecule has 1 aliphatic carbocycles. The van der Waals surface area contributed by atoms with Gasteiger partial charge in [-0.15, -0.1) is 0 Å². The highest BCUT2D eigenvalue weighted by Crippen LogP contribution is 2.25. The fourth-order valence-electron chi connectivity index (χ4n) is 4.76. The first-order valence-corrected chi connectivity index (χ1v) is 11.7. The Bertz CT molecular complexity index is 923. The third-order valence-corrected chi connectivity index (χ3v) is 6.43. The summed E-state index contributed by atoms with van der Waals surface area (Å²) in [5.41, 5.74) is 2.35. The van der Waals surface area contributed by atoms with Crippen LogP contribution in [-0.4, -0.2) is 68.2 Å². The highest BCUT2D eigenvalue weighted by Gasteiger charge is 2.35. The molecule has 1 saturated carbocycles. The summed E-state index contributed by atoms with van der Waals surface area (Å²) in [5, 5.41) is 4.41. The minimum atomic E-state index is -0.250. The lowest BCUT2D eigenvalue weighted by Gasteiger charge is -2.34. The number of aryl methyl sites for hydroxylation is 2. The second-order valence-electron chi connectivity index (χ2n) is 8.80. The molecule has 4 rings (SSSR count). The molecule has 0 unspecified atom stereocenters. The molecule has 0 spiro atoms. The van der Waals surface area contributed by atoms with Gasteiger partial charge in [0.2, 0.25) is 5.91 Å². The molecule has 32 heavy (non-hydrogen) atoms. The summed E-state index contributed by atoms with van der Waals surface area (Å²) in [6, 6.07) is 5.88. The quantitative estimate of drug-likeness (QED) is 0.691. The van der Waals surface area contributed by atoms with Crippen LogP contribution in [0.15, 0.2) is 30.6 Å². The Morgan fingerprint density at radius 2 is 1.91 bits per heavy atom. The average molecular weight is 440 g/mol. The van der Waals surface area contributed by atoms with Crippen LogP contribution in [0.4, 0.5) is 0 Å². The number of hydrogen-bond donors (Lipinski definition) is 0. The number of nitrogens with zero attached hydrogens (tertiary/aromatic N) is 5. The third-order valence-electron chi connectivity index (χ3n) is 6.43. The Balaban J connectivity index is 1.55. The number of amides is 2. The first-order chi connectivity index (χ1) is 15.5. The van der Waals surface area contributed by atoms with Gasteiger partial charge in [0.25, 0.3) is 5.91 Å². The number of carbonyl (C=O) groups is 2. The smallest absolute Gasteiger partial charge is 0.272 e. The highest BCUT2D eigenvalue weighted by atomic mass is 16.5. The van der Waals surface area contributed by atoms with Crippen LogP contribution in [0.2, 0.25) is 0 Å². The van der Waals surface area contributed by atoms with E-state index in [9.17, 15) is 9.59 Å². The number of ether oxygens (including phenoxy) is 1. The van der Waals surface area contributed by atoms with Crippen molar-refractivity contribution in [1.82, 2.24) is 24.6 Å². The molecule has 3 heterocycles. The number of hydrogen-bond acceptors (Lipinski definition) is 5. The summed E-state index contributed by atoms with van der Waals surface area (Å²) in [6.07, 6.45) is 8.81. The van der Waals surface area contributed by atoms with Crippen LogP contribution in [0.3, 0.4) is 0 Å². The van der Waals surface area contributed by atoms with Gasteiger partial charge in [-0.05, 0) is 50.5 Å². The van der Waals surface area contributed by atoms with E-state index in [0.717, 1.165) is 36.9 Å². The van der Waals surface area contributed by atoms with Crippen molar-refractivity contribution in [3.05, 3.63) is 47.5 Å². The van der Waals surface area contributed by atoms with E-state index in [1.54, 1.807) is 28.0 Å². The minimum Gasteiger partial charge on any atom is -0.370 e. The Morgan fingerprint density at radius 3 is 2.62 bits per heavy atom. The molecule has 0 N–H and O–H groups in total. The summed E-state index contributed by atoms with van der Waals surface area (Å²) in [6.45, 7) is 5.85. The first-order valence-electron chi connectivity index (χ1n) is 11.7. The zero-order chi connectivity index (χ0) is 22.5. The van der Waals surface area contributed by atoms with Gasteiger partial charge in [-0.3, -0.25) is 19.3 Å². The van der Waals surface area contributed by atoms with Crippen LogP contribution in [-0.2, 0) is 22.7 Å². The molecule has 1 atom stereocenters. The zero-order valence-electron chi connectivity index (χ0n) is 19.1. The molecule has 2 aromatic rings. The van der Waals surface area contributed by atoms with Gasteiger partial charge in [-0.1, -0.05) is 19.3 Å². The van der Waals surface area contributed by atoms with Crippen LogP contribution in [0.5, 0.6) is 0 Å². The van der Waals surface area contributed by atoms with Gasteiger partial charge in [-0.25, -0.2) is 0 Å². The van der Waals surface area contributed by atoms with E-state index in [-0.39, 0.29) is 30.5 Å².